The van der Waals surface area contributed by atoms with Gasteiger partial charge in [-0.05, 0) is 31.1 Å². The zero-order chi connectivity index (χ0) is 27.4. The van der Waals surface area contributed by atoms with E-state index in [1.807, 2.05) is 62.3 Å². The molecule has 0 aromatic rings. The number of ether oxygens (including phenoxy) is 3. The number of cyclic esters (lactones) is 1. The second kappa shape index (κ2) is 16.6. The SMILES string of the molecule is CC.CC.CC.CO[C@@H]1[C@@H](C)[C@H](C)[C@@H](C)C(=O)O[C@H](C)[C@H](C)[C@H](O)[C@@H](C)C(=O)[C@]2(CO2)C[C@@H]1C. The zero-order valence-corrected chi connectivity index (χ0v) is 24.6. The normalized spacial score (nSPS) is 40.7. The monoisotopic (exact) mass is 488 g/mol. The van der Waals surface area contributed by atoms with Gasteiger partial charge < -0.3 is 19.3 Å². The minimum absolute atomic E-state index is 0.0426. The van der Waals surface area contributed by atoms with Crippen molar-refractivity contribution in [1.29, 1.82) is 0 Å². The molecule has 2 aliphatic heterocycles. The molecule has 0 saturated carbocycles. The Labute approximate surface area is 210 Å². The van der Waals surface area contributed by atoms with E-state index in [-0.39, 0.29) is 47.4 Å². The number of Topliss-reactive ketones (excluding diaryl/α,β-unsaturated/α-hetero) is 1. The molecule has 2 fully saturated rings. The molecule has 2 aliphatic rings. The molecule has 1 N–H and O–H groups in total. The average Bonchev–Trinajstić information content (AvgIpc) is 3.64. The lowest BCUT2D eigenvalue weighted by molar-refractivity contribution is -0.162. The van der Waals surface area contributed by atoms with E-state index in [0.29, 0.717) is 13.0 Å². The van der Waals surface area contributed by atoms with E-state index in [0.717, 1.165) is 0 Å². The van der Waals surface area contributed by atoms with Crippen LogP contribution in [0.3, 0.4) is 0 Å². The van der Waals surface area contributed by atoms with Gasteiger partial charge in [-0.1, -0.05) is 83.1 Å². The predicted molar refractivity (Wildman–Crippen MR) is 140 cm³/mol. The van der Waals surface area contributed by atoms with E-state index < -0.39 is 23.7 Å². The van der Waals surface area contributed by atoms with Crippen LogP contribution >= 0.6 is 0 Å². The summed E-state index contributed by atoms with van der Waals surface area (Å²) in [5, 5.41) is 10.8. The molecule has 10 atom stereocenters. The molecule has 0 unspecified atom stereocenters. The van der Waals surface area contributed by atoms with Gasteiger partial charge in [-0.25, -0.2) is 0 Å². The van der Waals surface area contributed by atoms with Crippen molar-refractivity contribution in [3.8, 4) is 0 Å². The van der Waals surface area contributed by atoms with Crippen LogP contribution in [0, 0.1) is 35.5 Å². The zero-order valence-electron chi connectivity index (χ0n) is 24.6. The van der Waals surface area contributed by atoms with Gasteiger partial charge in [0, 0.05) is 18.9 Å². The van der Waals surface area contributed by atoms with Crippen LogP contribution in [0.25, 0.3) is 0 Å². The third-order valence-electron chi connectivity index (χ3n) is 7.44. The third kappa shape index (κ3) is 8.60. The Morgan fingerprint density at radius 3 is 1.71 bits per heavy atom. The van der Waals surface area contributed by atoms with E-state index in [2.05, 4.69) is 13.8 Å². The summed E-state index contributed by atoms with van der Waals surface area (Å²) in [6.45, 7) is 25.8. The minimum Gasteiger partial charge on any atom is -0.462 e. The number of rotatable bonds is 1. The van der Waals surface area contributed by atoms with Crippen LogP contribution in [0.2, 0.25) is 0 Å². The minimum atomic E-state index is -0.903. The Morgan fingerprint density at radius 2 is 1.29 bits per heavy atom. The van der Waals surface area contributed by atoms with Gasteiger partial charge in [0.1, 0.15) is 6.10 Å². The first-order chi connectivity index (χ1) is 16.0. The summed E-state index contributed by atoms with van der Waals surface area (Å²) in [5.41, 5.74) is -0.824. The van der Waals surface area contributed by atoms with Crippen molar-refractivity contribution in [2.24, 2.45) is 35.5 Å². The summed E-state index contributed by atoms with van der Waals surface area (Å²) in [6, 6.07) is 0. The highest BCUT2D eigenvalue weighted by molar-refractivity contribution is 5.92. The highest BCUT2D eigenvalue weighted by Gasteiger charge is 2.56. The predicted octanol–water partition coefficient (Wildman–Crippen LogP) is 5.93. The van der Waals surface area contributed by atoms with Crippen LogP contribution in [-0.2, 0) is 23.8 Å². The molecule has 2 heterocycles. The maximum Gasteiger partial charge on any atom is 0.309 e. The molecule has 0 radical (unpaired) electrons. The van der Waals surface area contributed by atoms with Crippen LogP contribution in [0.5, 0.6) is 0 Å². The van der Waals surface area contributed by atoms with Crippen molar-refractivity contribution in [3.63, 3.8) is 0 Å². The molecule has 6 nitrogen and oxygen atoms in total. The highest BCUT2D eigenvalue weighted by atomic mass is 16.6. The summed E-state index contributed by atoms with van der Waals surface area (Å²) >= 11 is 0. The fraction of sp³-hybridized carbons (Fsp3) is 0.929. The summed E-state index contributed by atoms with van der Waals surface area (Å²) in [7, 11) is 1.68. The summed E-state index contributed by atoms with van der Waals surface area (Å²) in [4.78, 5) is 25.8. The van der Waals surface area contributed by atoms with Crippen LogP contribution in [0.15, 0.2) is 0 Å². The van der Waals surface area contributed by atoms with Crippen LogP contribution in [-0.4, -0.2) is 54.5 Å². The fourth-order valence-electron chi connectivity index (χ4n) is 4.72. The molecule has 2 saturated heterocycles. The van der Waals surface area contributed by atoms with Gasteiger partial charge in [0.05, 0.1) is 24.7 Å². The number of esters is 1. The molecular formula is C28H56O6. The van der Waals surface area contributed by atoms with Crippen molar-refractivity contribution in [2.75, 3.05) is 13.7 Å². The van der Waals surface area contributed by atoms with Gasteiger partial charge in [0.25, 0.3) is 0 Å². The van der Waals surface area contributed by atoms with Gasteiger partial charge in [0.15, 0.2) is 11.4 Å². The van der Waals surface area contributed by atoms with Crippen molar-refractivity contribution in [3.05, 3.63) is 0 Å². The number of hydrogen-bond acceptors (Lipinski definition) is 6. The number of epoxide rings is 1. The molecule has 1 spiro atoms. The van der Waals surface area contributed by atoms with E-state index >= 15 is 0 Å². The fourth-order valence-corrected chi connectivity index (χ4v) is 4.72. The van der Waals surface area contributed by atoms with Crippen LogP contribution < -0.4 is 0 Å². The Balaban J connectivity index is 0. The lowest BCUT2D eigenvalue weighted by Gasteiger charge is -2.37. The summed E-state index contributed by atoms with van der Waals surface area (Å²) in [6.07, 6.45) is -0.946. The number of ketones is 1. The Hall–Kier alpha value is -0.980. The topological polar surface area (TPSA) is 85.4 Å². The number of aliphatic hydroxyl groups is 1. The van der Waals surface area contributed by atoms with Gasteiger partial charge >= 0.3 is 5.97 Å². The molecule has 0 aromatic carbocycles. The number of hydrogen-bond donors (Lipinski definition) is 1. The van der Waals surface area contributed by atoms with Crippen LogP contribution in [0.1, 0.15) is 96.4 Å². The van der Waals surface area contributed by atoms with E-state index in [1.165, 1.54) is 0 Å². The molecule has 0 amide bonds. The maximum atomic E-state index is 13.1. The Morgan fingerprint density at radius 1 is 0.824 bits per heavy atom. The molecule has 2 rings (SSSR count). The van der Waals surface area contributed by atoms with Gasteiger partial charge in [-0.2, -0.15) is 0 Å². The molecule has 0 aliphatic carbocycles. The van der Waals surface area contributed by atoms with Crippen molar-refractivity contribution in [1.82, 2.24) is 0 Å². The largest absolute Gasteiger partial charge is 0.462 e. The van der Waals surface area contributed by atoms with E-state index in [1.54, 1.807) is 21.0 Å². The first kappa shape index (κ1) is 35.2. The quantitative estimate of drug-likeness (QED) is 0.364. The highest BCUT2D eigenvalue weighted by Crippen LogP contribution is 2.42. The molecule has 34 heavy (non-hydrogen) atoms. The number of carbonyl (C=O) groups is 2. The number of methoxy groups -OCH3 is 1. The molecule has 0 bridgehead atoms. The maximum absolute atomic E-state index is 13.1. The molecule has 204 valence electrons. The first-order valence-corrected chi connectivity index (χ1v) is 13.6. The van der Waals surface area contributed by atoms with E-state index in [9.17, 15) is 14.7 Å². The Bertz CT molecular complexity index is 573. The Kier molecular flexibility index (Phi) is 17.2. The third-order valence-corrected chi connectivity index (χ3v) is 7.44. The standard InChI is InChI=1S/C22H38O6.3C2H6/c1-11-9-22(10-27-22)20(24)16(6)18(23)15(5)17(7)28-21(25)14(4)12(2)13(3)19(11)26-8;3*1-2/h11-19,23H,9-10H2,1-8H3;3*1-2H3/t11-,12-,13-,14+,15-,16+,17+,18-,19-,22+;;;/m0.../s1. The average molecular weight is 489 g/mol. The number of carbonyl (C=O) groups excluding carboxylic acids is 2. The second-order valence-corrected chi connectivity index (χ2v) is 9.32. The second-order valence-electron chi connectivity index (χ2n) is 9.32. The van der Waals surface area contributed by atoms with Gasteiger partial charge in [-0.3, -0.25) is 9.59 Å². The summed E-state index contributed by atoms with van der Waals surface area (Å²) in [5.74, 6) is -1.37. The lowest BCUT2D eigenvalue weighted by Crippen LogP contribution is -2.46. The lowest BCUT2D eigenvalue weighted by atomic mass is 9.74. The molecular weight excluding hydrogens is 432 g/mol. The van der Waals surface area contributed by atoms with Crippen molar-refractivity contribution in [2.45, 2.75) is 120 Å². The first-order valence-electron chi connectivity index (χ1n) is 13.6. The van der Waals surface area contributed by atoms with Crippen LogP contribution in [0.4, 0.5) is 0 Å². The van der Waals surface area contributed by atoms with Crippen molar-refractivity contribution < 1.29 is 28.9 Å². The van der Waals surface area contributed by atoms with Gasteiger partial charge in [-0.15, -0.1) is 0 Å². The smallest absolute Gasteiger partial charge is 0.309 e. The molecule has 6 heteroatoms. The number of aliphatic hydroxyl groups excluding tert-OH is 1. The molecule has 0 aromatic heterocycles. The van der Waals surface area contributed by atoms with Gasteiger partial charge in [0.2, 0.25) is 0 Å². The summed E-state index contributed by atoms with van der Waals surface area (Å²) < 4.78 is 17.1. The van der Waals surface area contributed by atoms with E-state index in [4.69, 9.17) is 14.2 Å². The van der Waals surface area contributed by atoms with Crippen molar-refractivity contribution >= 4 is 11.8 Å².